The lowest BCUT2D eigenvalue weighted by molar-refractivity contribution is 0.0709. The Labute approximate surface area is 113 Å². The third kappa shape index (κ3) is 2.99. The van der Waals surface area contributed by atoms with Crippen molar-refractivity contribution in [3.05, 3.63) is 5.82 Å². The van der Waals surface area contributed by atoms with E-state index in [-0.39, 0.29) is 0 Å². The Morgan fingerprint density at radius 3 is 3.06 bits per heavy atom. The van der Waals surface area contributed by atoms with Crippen molar-refractivity contribution < 1.29 is 4.74 Å². The van der Waals surface area contributed by atoms with Gasteiger partial charge in [-0.1, -0.05) is 6.92 Å². The molecule has 1 aliphatic heterocycles. The molecular formula is C12H22N4OS. The van der Waals surface area contributed by atoms with E-state index >= 15 is 0 Å². The second-order valence-corrected chi connectivity index (χ2v) is 5.44. The van der Waals surface area contributed by atoms with Crippen LogP contribution in [0.5, 0.6) is 0 Å². The van der Waals surface area contributed by atoms with E-state index in [9.17, 15) is 0 Å². The molecule has 102 valence electrons. The summed E-state index contributed by atoms with van der Waals surface area (Å²) in [4.78, 5) is 6.91. The molecule has 0 amide bonds. The number of ether oxygens (including phenoxy) is 1. The van der Waals surface area contributed by atoms with Crippen molar-refractivity contribution in [2.24, 2.45) is 5.73 Å². The minimum atomic E-state index is 0.325. The molecule has 2 heterocycles. The molecule has 0 aliphatic carbocycles. The summed E-state index contributed by atoms with van der Waals surface area (Å²) in [5.74, 6) is 0.960. The van der Waals surface area contributed by atoms with Crippen molar-refractivity contribution >= 4 is 16.7 Å². The van der Waals surface area contributed by atoms with Gasteiger partial charge in [-0.15, -0.1) is 0 Å². The van der Waals surface area contributed by atoms with Crippen LogP contribution in [0.4, 0.5) is 5.13 Å². The first-order chi connectivity index (χ1) is 8.78. The standard InChI is InChI=1S/C12H22N4OS/c1-3-4-11-14-12(18-15-11)16-6-5-10(17-2)7-9(16)8-13/h9-10H,3-8,13H2,1-2H3. The highest BCUT2D eigenvalue weighted by Crippen LogP contribution is 2.27. The van der Waals surface area contributed by atoms with E-state index in [1.165, 1.54) is 11.5 Å². The van der Waals surface area contributed by atoms with Gasteiger partial charge in [0.25, 0.3) is 0 Å². The van der Waals surface area contributed by atoms with Crippen LogP contribution < -0.4 is 10.6 Å². The maximum absolute atomic E-state index is 5.87. The Balaban J connectivity index is 2.06. The normalized spacial score (nSPS) is 24.5. The number of rotatable bonds is 5. The quantitative estimate of drug-likeness (QED) is 0.877. The monoisotopic (exact) mass is 270 g/mol. The maximum Gasteiger partial charge on any atom is 0.205 e. The number of methoxy groups -OCH3 is 1. The van der Waals surface area contributed by atoms with Gasteiger partial charge in [-0.05, 0) is 19.3 Å². The Bertz CT molecular complexity index is 371. The van der Waals surface area contributed by atoms with E-state index in [0.29, 0.717) is 18.7 Å². The van der Waals surface area contributed by atoms with Gasteiger partial charge in [-0.2, -0.15) is 4.37 Å². The van der Waals surface area contributed by atoms with Crippen LogP contribution in [0, 0.1) is 0 Å². The molecule has 1 aliphatic rings. The SMILES string of the molecule is CCCc1nsc(N2CCC(OC)CC2CN)n1. The molecule has 2 N–H and O–H groups in total. The summed E-state index contributed by atoms with van der Waals surface area (Å²) in [6, 6.07) is 0.325. The second kappa shape index (κ2) is 6.45. The molecule has 2 unspecified atom stereocenters. The maximum atomic E-state index is 5.87. The van der Waals surface area contributed by atoms with Crippen molar-refractivity contribution in [3.8, 4) is 0 Å². The molecule has 1 aromatic rings. The molecule has 0 radical (unpaired) electrons. The fraction of sp³-hybridized carbons (Fsp3) is 0.833. The molecule has 0 bridgehead atoms. The van der Waals surface area contributed by atoms with Gasteiger partial charge in [0, 0.05) is 44.2 Å². The minimum Gasteiger partial charge on any atom is -0.381 e. The Morgan fingerprint density at radius 2 is 2.39 bits per heavy atom. The molecule has 2 rings (SSSR count). The molecule has 0 spiro atoms. The minimum absolute atomic E-state index is 0.325. The van der Waals surface area contributed by atoms with Crippen molar-refractivity contribution in [2.75, 3.05) is 25.1 Å². The van der Waals surface area contributed by atoms with Crippen molar-refractivity contribution in [1.29, 1.82) is 0 Å². The van der Waals surface area contributed by atoms with Crippen LogP contribution in [0.25, 0.3) is 0 Å². The first-order valence-electron chi connectivity index (χ1n) is 6.60. The highest BCUT2D eigenvalue weighted by Gasteiger charge is 2.29. The van der Waals surface area contributed by atoms with Gasteiger partial charge in [0.05, 0.1) is 6.10 Å². The summed E-state index contributed by atoms with van der Waals surface area (Å²) in [7, 11) is 1.78. The molecule has 0 aromatic carbocycles. The highest BCUT2D eigenvalue weighted by molar-refractivity contribution is 7.09. The number of nitrogens with two attached hydrogens (primary N) is 1. The van der Waals surface area contributed by atoms with E-state index < -0.39 is 0 Å². The summed E-state index contributed by atoms with van der Waals surface area (Å²) >= 11 is 1.49. The first-order valence-corrected chi connectivity index (χ1v) is 7.37. The molecule has 0 saturated carbocycles. The Hall–Kier alpha value is -0.720. The fourth-order valence-electron chi connectivity index (χ4n) is 2.39. The largest absolute Gasteiger partial charge is 0.381 e. The summed E-state index contributed by atoms with van der Waals surface area (Å²) in [6.07, 6.45) is 4.39. The van der Waals surface area contributed by atoms with Crippen LogP contribution in [0.15, 0.2) is 0 Å². The lowest BCUT2D eigenvalue weighted by Gasteiger charge is -2.38. The van der Waals surface area contributed by atoms with Gasteiger partial charge in [0.1, 0.15) is 5.82 Å². The van der Waals surface area contributed by atoms with Gasteiger partial charge >= 0.3 is 0 Å². The van der Waals surface area contributed by atoms with E-state index in [1.54, 1.807) is 7.11 Å². The average molecular weight is 270 g/mol. The van der Waals surface area contributed by atoms with Gasteiger partial charge < -0.3 is 15.4 Å². The molecule has 1 fully saturated rings. The Morgan fingerprint density at radius 1 is 1.56 bits per heavy atom. The summed E-state index contributed by atoms with van der Waals surface area (Å²) in [5, 5.41) is 1.02. The zero-order valence-electron chi connectivity index (χ0n) is 11.1. The van der Waals surface area contributed by atoms with Gasteiger partial charge in [-0.25, -0.2) is 4.98 Å². The number of piperidine rings is 1. The Kier molecular flexibility index (Phi) is 4.91. The van der Waals surface area contributed by atoms with Crippen molar-refractivity contribution in [2.45, 2.75) is 44.8 Å². The average Bonchev–Trinajstić information content (AvgIpc) is 2.87. The fourth-order valence-corrected chi connectivity index (χ4v) is 3.20. The van der Waals surface area contributed by atoms with Gasteiger partial charge in [0.2, 0.25) is 5.13 Å². The topological polar surface area (TPSA) is 64.3 Å². The van der Waals surface area contributed by atoms with Crippen LogP contribution in [-0.2, 0) is 11.2 Å². The van der Waals surface area contributed by atoms with Crippen LogP contribution in [-0.4, -0.2) is 41.7 Å². The summed E-state index contributed by atoms with van der Waals surface area (Å²) < 4.78 is 9.84. The van der Waals surface area contributed by atoms with E-state index in [2.05, 4.69) is 21.2 Å². The van der Waals surface area contributed by atoms with E-state index in [0.717, 1.165) is 43.2 Å². The number of anilines is 1. The zero-order valence-corrected chi connectivity index (χ0v) is 11.9. The summed E-state index contributed by atoms with van der Waals surface area (Å²) in [6.45, 7) is 3.75. The van der Waals surface area contributed by atoms with Crippen molar-refractivity contribution in [1.82, 2.24) is 9.36 Å². The highest BCUT2D eigenvalue weighted by atomic mass is 32.1. The zero-order chi connectivity index (χ0) is 13.0. The van der Waals surface area contributed by atoms with Crippen LogP contribution >= 0.6 is 11.5 Å². The van der Waals surface area contributed by atoms with Crippen LogP contribution in [0.2, 0.25) is 0 Å². The third-order valence-electron chi connectivity index (χ3n) is 3.45. The first kappa shape index (κ1) is 13.7. The number of hydrogen-bond donors (Lipinski definition) is 1. The van der Waals surface area contributed by atoms with E-state index in [1.807, 2.05) is 0 Å². The lowest BCUT2D eigenvalue weighted by atomic mass is 10.00. The smallest absolute Gasteiger partial charge is 0.205 e. The summed E-state index contributed by atoms with van der Waals surface area (Å²) in [5.41, 5.74) is 5.87. The third-order valence-corrected chi connectivity index (χ3v) is 4.24. The number of hydrogen-bond acceptors (Lipinski definition) is 6. The molecule has 2 atom stereocenters. The molecule has 6 heteroatoms. The number of aromatic nitrogens is 2. The van der Waals surface area contributed by atoms with Gasteiger partial charge in [0.15, 0.2) is 0 Å². The molecule has 1 saturated heterocycles. The molecule has 18 heavy (non-hydrogen) atoms. The van der Waals surface area contributed by atoms with E-state index in [4.69, 9.17) is 10.5 Å². The molecule has 5 nitrogen and oxygen atoms in total. The predicted octanol–water partition coefficient (Wildman–Crippen LogP) is 1.43. The predicted molar refractivity (Wildman–Crippen MR) is 74.1 cm³/mol. The molecule has 1 aromatic heterocycles. The number of nitrogens with zero attached hydrogens (tertiary/aromatic N) is 3. The lowest BCUT2D eigenvalue weighted by Crippen LogP contribution is -2.48. The second-order valence-electron chi connectivity index (χ2n) is 4.71. The van der Waals surface area contributed by atoms with Crippen molar-refractivity contribution in [3.63, 3.8) is 0 Å². The molecular weight excluding hydrogens is 248 g/mol. The number of aryl methyl sites for hydroxylation is 1. The van der Waals surface area contributed by atoms with Crippen LogP contribution in [0.1, 0.15) is 32.0 Å². The van der Waals surface area contributed by atoms with Crippen LogP contribution in [0.3, 0.4) is 0 Å². The van der Waals surface area contributed by atoms with Gasteiger partial charge in [-0.3, -0.25) is 0 Å².